The van der Waals surface area contributed by atoms with Gasteiger partial charge < -0.3 is 5.32 Å². The first kappa shape index (κ1) is 24.4. The second-order valence-corrected chi connectivity index (χ2v) is 9.92. The monoisotopic (exact) mass is 500 g/mol. The number of pyridine rings is 1. The van der Waals surface area contributed by atoms with E-state index in [1.165, 1.54) is 6.07 Å². The Balaban J connectivity index is 1.94. The normalized spacial score (nSPS) is 17.3. The van der Waals surface area contributed by atoms with Gasteiger partial charge in [-0.1, -0.05) is 11.6 Å². The molecule has 2 aromatic heterocycles. The van der Waals surface area contributed by atoms with Gasteiger partial charge in [-0.05, 0) is 30.9 Å². The Hall–Kier alpha value is -2.28. The average molecular weight is 501 g/mol. The third-order valence-corrected chi connectivity index (χ3v) is 6.30. The molecule has 1 aliphatic rings. The van der Waals surface area contributed by atoms with Gasteiger partial charge in [0.1, 0.15) is 11.3 Å². The van der Waals surface area contributed by atoms with E-state index in [0.717, 1.165) is 23.2 Å². The molecule has 2 aromatic rings. The summed E-state index contributed by atoms with van der Waals surface area (Å²) in [7, 11) is -3.73. The number of alkyl halides is 5. The predicted molar refractivity (Wildman–Crippen MR) is 104 cm³/mol. The van der Waals surface area contributed by atoms with Crippen molar-refractivity contribution < 1.29 is 35.2 Å². The van der Waals surface area contributed by atoms with Crippen molar-refractivity contribution in [1.29, 1.82) is 0 Å². The van der Waals surface area contributed by atoms with Gasteiger partial charge in [-0.2, -0.15) is 18.3 Å². The van der Waals surface area contributed by atoms with Gasteiger partial charge in [0, 0.05) is 37.5 Å². The van der Waals surface area contributed by atoms with Crippen LogP contribution in [-0.2, 0) is 22.6 Å². The molecular formula is C18H18ClF5N4O3S. The van der Waals surface area contributed by atoms with E-state index in [0.29, 0.717) is 0 Å². The smallest absolute Gasteiger partial charge is 0.320 e. The summed E-state index contributed by atoms with van der Waals surface area (Å²) in [5.74, 6) is -4.48. The summed E-state index contributed by atoms with van der Waals surface area (Å²) in [4.78, 5) is 16.4. The maximum Gasteiger partial charge on any atom is 0.421 e. The van der Waals surface area contributed by atoms with Crippen molar-refractivity contribution in [2.24, 2.45) is 5.92 Å². The first-order chi connectivity index (χ1) is 14.7. The molecule has 1 saturated carbocycles. The number of amides is 1. The van der Waals surface area contributed by atoms with E-state index >= 15 is 0 Å². The number of rotatable bonds is 5. The van der Waals surface area contributed by atoms with Crippen LogP contribution in [0, 0.1) is 5.92 Å². The summed E-state index contributed by atoms with van der Waals surface area (Å²) < 4.78 is 91.7. The van der Waals surface area contributed by atoms with Gasteiger partial charge in [-0.3, -0.25) is 9.48 Å². The van der Waals surface area contributed by atoms with Crippen LogP contribution in [0.4, 0.5) is 27.6 Å². The van der Waals surface area contributed by atoms with Crippen LogP contribution in [0.3, 0.4) is 0 Å². The van der Waals surface area contributed by atoms with Crippen molar-refractivity contribution in [2.75, 3.05) is 11.6 Å². The number of carbonyl (C=O) groups excluding carboxylic acids is 1. The lowest BCUT2D eigenvalue weighted by molar-refractivity contribution is -0.137. The Morgan fingerprint density at radius 1 is 1.31 bits per heavy atom. The number of hydrogen-bond acceptors (Lipinski definition) is 5. The second kappa shape index (κ2) is 8.58. The van der Waals surface area contributed by atoms with Gasteiger partial charge in [-0.15, -0.1) is 0 Å². The first-order valence-electron chi connectivity index (χ1n) is 9.36. The molecule has 176 valence electrons. The standard InChI is InChI=1S/C18H18ClF5N4O3S/c1-32(30,31)12-8-11(4-7-25-12)26-16(29)14-13(18(22,23)24)15(19)27-28(14)9-10-2-5-17(20,21)6-3-10/h4,7-8,10H,2-3,5-6,9H2,1H3,(H,25,26,29). The average Bonchev–Trinajstić information content (AvgIpc) is 2.99. The molecule has 1 N–H and O–H groups in total. The number of halogens is 6. The molecule has 14 heteroatoms. The zero-order valence-electron chi connectivity index (χ0n) is 16.6. The summed E-state index contributed by atoms with van der Waals surface area (Å²) in [5.41, 5.74) is -2.47. The number of aromatic nitrogens is 3. The largest absolute Gasteiger partial charge is 0.421 e. The number of nitrogens with zero attached hydrogens (tertiary/aromatic N) is 3. The van der Waals surface area contributed by atoms with Gasteiger partial charge in [0.25, 0.3) is 5.91 Å². The van der Waals surface area contributed by atoms with Crippen LogP contribution in [-0.4, -0.2) is 41.3 Å². The molecule has 0 aliphatic heterocycles. The minimum atomic E-state index is -5.02. The van der Waals surface area contributed by atoms with Gasteiger partial charge in [0.2, 0.25) is 5.92 Å². The molecule has 1 aliphatic carbocycles. The Morgan fingerprint density at radius 2 is 1.94 bits per heavy atom. The molecule has 1 fully saturated rings. The lowest BCUT2D eigenvalue weighted by Crippen LogP contribution is -2.29. The number of nitrogens with one attached hydrogen (secondary N) is 1. The fourth-order valence-electron chi connectivity index (χ4n) is 3.45. The highest BCUT2D eigenvalue weighted by Crippen LogP contribution is 2.40. The number of carbonyl (C=O) groups is 1. The molecule has 0 unspecified atom stereocenters. The summed E-state index contributed by atoms with van der Waals surface area (Å²) in [5, 5.41) is 4.50. The Kier molecular flexibility index (Phi) is 6.53. The van der Waals surface area contributed by atoms with Crippen LogP contribution >= 0.6 is 11.6 Å². The van der Waals surface area contributed by atoms with Crippen LogP contribution in [0.2, 0.25) is 5.15 Å². The summed E-state index contributed by atoms with van der Waals surface area (Å²) in [6.07, 6.45) is -3.78. The number of hydrogen-bond donors (Lipinski definition) is 1. The first-order valence-corrected chi connectivity index (χ1v) is 11.6. The highest BCUT2D eigenvalue weighted by molar-refractivity contribution is 7.90. The van der Waals surface area contributed by atoms with E-state index in [1.54, 1.807) is 0 Å². The van der Waals surface area contributed by atoms with Crippen molar-refractivity contribution in [3.8, 4) is 0 Å². The van der Waals surface area contributed by atoms with Crippen molar-refractivity contribution in [3.63, 3.8) is 0 Å². The van der Waals surface area contributed by atoms with Crippen LogP contribution < -0.4 is 5.32 Å². The van der Waals surface area contributed by atoms with Gasteiger partial charge in [0.15, 0.2) is 20.0 Å². The highest BCUT2D eigenvalue weighted by atomic mass is 35.5. The molecule has 0 aromatic carbocycles. The van der Waals surface area contributed by atoms with E-state index in [9.17, 15) is 35.2 Å². The molecule has 0 radical (unpaired) electrons. The minimum absolute atomic E-state index is 0.0506. The Bertz CT molecular complexity index is 1120. The van der Waals surface area contributed by atoms with Crippen molar-refractivity contribution in [2.45, 2.75) is 49.4 Å². The zero-order chi connectivity index (χ0) is 23.9. The van der Waals surface area contributed by atoms with Crippen LogP contribution in [0.25, 0.3) is 0 Å². The quantitative estimate of drug-likeness (QED) is 0.613. The molecule has 32 heavy (non-hydrogen) atoms. The third kappa shape index (κ3) is 5.55. The topological polar surface area (TPSA) is 94.0 Å². The second-order valence-electron chi connectivity index (χ2n) is 7.60. The Morgan fingerprint density at radius 3 is 2.50 bits per heavy atom. The zero-order valence-corrected chi connectivity index (χ0v) is 18.2. The molecule has 7 nitrogen and oxygen atoms in total. The van der Waals surface area contributed by atoms with E-state index in [1.807, 2.05) is 0 Å². The maximum atomic E-state index is 13.6. The highest BCUT2D eigenvalue weighted by Gasteiger charge is 2.43. The van der Waals surface area contributed by atoms with E-state index in [-0.39, 0.29) is 30.1 Å². The fourth-order valence-corrected chi connectivity index (χ4v) is 4.34. The fraction of sp³-hybridized carbons (Fsp3) is 0.500. The van der Waals surface area contributed by atoms with Crippen molar-refractivity contribution in [3.05, 3.63) is 34.7 Å². The van der Waals surface area contributed by atoms with Crippen molar-refractivity contribution in [1.82, 2.24) is 14.8 Å². The predicted octanol–water partition coefficient (Wildman–Crippen LogP) is 4.43. The molecule has 2 heterocycles. The number of anilines is 1. The molecule has 0 spiro atoms. The van der Waals surface area contributed by atoms with Crippen LogP contribution in [0.5, 0.6) is 0 Å². The van der Waals surface area contributed by atoms with Gasteiger partial charge in [-0.25, -0.2) is 22.2 Å². The summed E-state index contributed by atoms with van der Waals surface area (Å²) in [6, 6.07) is 2.19. The maximum absolute atomic E-state index is 13.6. The van der Waals surface area contributed by atoms with Crippen molar-refractivity contribution >= 4 is 33.0 Å². The van der Waals surface area contributed by atoms with E-state index in [4.69, 9.17) is 11.6 Å². The molecule has 1 amide bonds. The van der Waals surface area contributed by atoms with E-state index in [2.05, 4.69) is 15.4 Å². The van der Waals surface area contributed by atoms with Gasteiger partial charge in [0.05, 0.1) is 0 Å². The number of sulfone groups is 1. The van der Waals surface area contributed by atoms with Gasteiger partial charge >= 0.3 is 6.18 Å². The third-order valence-electron chi connectivity index (χ3n) is 5.05. The summed E-state index contributed by atoms with van der Waals surface area (Å²) >= 11 is 5.69. The van der Waals surface area contributed by atoms with Crippen LogP contribution in [0.15, 0.2) is 23.4 Å². The minimum Gasteiger partial charge on any atom is -0.320 e. The van der Waals surface area contributed by atoms with Crippen LogP contribution in [0.1, 0.15) is 41.7 Å². The SMILES string of the molecule is CS(=O)(=O)c1cc(NC(=O)c2c(C(F)(F)F)c(Cl)nn2CC2CCC(F)(F)CC2)ccn1. The molecule has 3 rings (SSSR count). The lowest BCUT2D eigenvalue weighted by Gasteiger charge is -2.28. The van der Waals surface area contributed by atoms with E-state index < -0.39 is 63.0 Å². The molecule has 0 atom stereocenters. The summed E-state index contributed by atoms with van der Waals surface area (Å²) in [6.45, 7) is -0.209. The Labute approximate surface area is 184 Å². The lowest BCUT2D eigenvalue weighted by atomic mass is 9.87. The molecule has 0 saturated heterocycles. The molecule has 0 bridgehead atoms. The molecular weight excluding hydrogens is 483 g/mol.